The fraction of sp³-hybridized carbons (Fsp3) is 0.368. The Kier molecular flexibility index (Phi) is 5.27. The lowest BCUT2D eigenvalue weighted by molar-refractivity contribution is -0.116. The van der Waals surface area contributed by atoms with Crippen LogP contribution in [0, 0.1) is 0 Å². The van der Waals surface area contributed by atoms with E-state index in [4.69, 9.17) is 10.7 Å². The molecule has 8 nitrogen and oxygen atoms in total. The van der Waals surface area contributed by atoms with Crippen molar-refractivity contribution in [1.29, 1.82) is 0 Å². The zero-order valence-electron chi connectivity index (χ0n) is 15.6. The highest BCUT2D eigenvalue weighted by atomic mass is 79.9. The molecule has 1 atom stereocenters. The second kappa shape index (κ2) is 7.84. The van der Waals surface area contributed by atoms with Gasteiger partial charge in [0.25, 0.3) is 0 Å². The Bertz CT molecular complexity index is 1030. The number of fused-ring (bicyclic) bond motifs is 2. The summed E-state index contributed by atoms with van der Waals surface area (Å²) in [4.78, 5) is 22.1. The van der Waals surface area contributed by atoms with Crippen LogP contribution < -0.4 is 16.4 Å². The van der Waals surface area contributed by atoms with Crippen LogP contribution in [0.25, 0.3) is 11.0 Å². The first-order valence-corrected chi connectivity index (χ1v) is 10.2. The van der Waals surface area contributed by atoms with Gasteiger partial charge < -0.3 is 16.4 Å². The van der Waals surface area contributed by atoms with Crippen LogP contribution in [0.1, 0.15) is 36.9 Å². The highest BCUT2D eigenvalue weighted by molar-refractivity contribution is 9.10. The number of benzene rings is 1. The first-order valence-electron chi connectivity index (χ1n) is 9.40. The van der Waals surface area contributed by atoms with Crippen molar-refractivity contribution in [3.05, 3.63) is 40.1 Å². The van der Waals surface area contributed by atoms with Gasteiger partial charge in [0.15, 0.2) is 5.65 Å². The number of aromatic nitrogens is 4. The van der Waals surface area contributed by atoms with E-state index >= 15 is 0 Å². The molecule has 1 unspecified atom stereocenters. The third-order valence-electron chi connectivity index (χ3n) is 4.69. The Hall–Kier alpha value is -2.52. The first kappa shape index (κ1) is 18.8. The monoisotopic (exact) mass is 443 g/mol. The molecule has 0 fully saturated rings. The fourth-order valence-corrected chi connectivity index (χ4v) is 3.80. The van der Waals surface area contributed by atoms with Gasteiger partial charge in [-0.15, -0.1) is 0 Å². The second-order valence-corrected chi connectivity index (χ2v) is 7.70. The molecule has 146 valence electrons. The third kappa shape index (κ3) is 3.47. The summed E-state index contributed by atoms with van der Waals surface area (Å²) in [5, 5.41) is 11.5. The predicted octanol–water partition coefficient (Wildman–Crippen LogP) is 2.84. The molecule has 0 bridgehead atoms. The SMILES string of the molecule is CCCn1cc2c(C3C(=O)Nc4ccc(Br)cc43)nc(NCCCN)nc2n1. The van der Waals surface area contributed by atoms with Crippen molar-refractivity contribution in [3.8, 4) is 0 Å². The average molecular weight is 444 g/mol. The molecule has 1 amide bonds. The summed E-state index contributed by atoms with van der Waals surface area (Å²) in [6.45, 7) is 4.12. The van der Waals surface area contributed by atoms with E-state index in [0.29, 0.717) is 30.4 Å². The molecule has 2 aromatic heterocycles. The van der Waals surface area contributed by atoms with Gasteiger partial charge in [0.05, 0.1) is 11.1 Å². The van der Waals surface area contributed by atoms with Crippen molar-refractivity contribution in [1.82, 2.24) is 19.7 Å². The van der Waals surface area contributed by atoms with Gasteiger partial charge in [0, 0.05) is 29.4 Å². The average Bonchev–Trinajstić information content (AvgIpc) is 3.21. The number of carbonyl (C=O) groups excluding carboxylic acids is 1. The smallest absolute Gasteiger partial charge is 0.238 e. The van der Waals surface area contributed by atoms with Crippen LogP contribution >= 0.6 is 15.9 Å². The predicted molar refractivity (Wildman–Crippen MR) is 112 cm³/mol. The van der Waals surface area contributed by atoms with E-state index < -0.39 is 5.92 Å². The zero-order chi connectivity index (χ0) is 19.7. The number of halogens is 1. The number of nitrogens with zero attached hydrogens (tertiary/aromatic N) is 4. The minimum atomic E-state index is -0.507. The van der Waals surface area contributed by atoms with Gasteiger partial charge >= 0.3 is 0 Å². The third-order valence-corrected chi connectivity index (χ3v) is 5.18. The maximum absolute atomic E-state index is 12.8. The molecular weight excluding hydrogens is 422 g/mol. The van der Waals surface area contributed by atoms with E-state index in [1.165, 1.54) is 0 Å². The zero-order valence-corrected chi connectivity index (χ0v) is 17.2. The fourth-order valence-electron chi connectivity index (χ4n) is 3.42. The van der Waals surface area contributed by atoms with Gasteiger partial charge in [-0.2, -0.15) is 10.1 Å². The molecular formula is C19H22BrN7O. The number of nitrogens with one attached hydrogen (secondary N) is 2. The molecule has 3 aromatic rings. The molecule has 0 aliphatic carbocycles. The van der Waals surface area contributed by atoms with Gasteiger partial charge in [0.2, 0.25) is 11.9 Å². The number of aryl methyl sites for hydroxylation is 1. The first-order chi connectivity index (χ1) is 13.6. The van der Waals surface area contributed by atoms with Crippen LogP contribution in [0.3, 0.4) is 0 Å². The Morgan fingerprint density at radius 2 is 2.21 bits per heavy atom. The molecule has 1 aliphatic heterocycles. The highest BCUT2D eigenvalue weighted by Gasteiger charge is 2.35. The van der Waals surface area contributed by atoms with Gasteiger partial charge in [0.1, 0.15) is 5.92 Å². The van der Waals surface area contributed by atoms with E-state index in [0.717, 1.165) is 40.5 Å². The molecule has 4 N–H and O–H groups in total. The lowest BCUT2D eigenvalue weighted by Gasteiger charge is -2.12. The molecule has 3 heterocycles. The maximum Gasteiger partial charge on any atom is 0.238 e. The summed E-state index contributed by atoms with van der Waals surface area (Å²) in [5.41, 5.74) is 8.54. The quantitative estimate of drug-likeness (QED) is 0.484. The molecule has 0 saturated heterocycles. The topological polar surface area (TPSA) is 111 Å². The van der Waals surface area contributed by atoms with Gasteiger partial charge in [-0.1, -0.05) is 22.9 Å². The number of carbonyl (C=O) groups is 1. The van der Waals surface area contributed by atoms with Crippen LogP contribution in [-0.2, 0) is 11.3 Å². The van der Waals surface area contributed by atoms with Crippen LogP contribution in [0.15, 0.2) is 28.9 Å². The largest absolute Gasteiger partial charge is 0.354 e. The van der Waals surface area contributed by atoms with Crippen LogP contribution in [0.5, 0.6) is 0 Å². The molecule has 0 spiro atoms. The summed E-state index contributed by atoms with van der Waals surface area (Å²) in [7, 11) is 0. The van der Waals surface area contributed by atoms with E-state index in [2.05, 4.69) is 43.6 Å². The summed E-state index contributed by atoms with van der Waals surface area (Å²) < 4.78 is 2.78. The minimum absolute atomic E-state index is 0.0933. The number of nitrogens with two attached hydrogens (primary N) is 1. The summed E-state index contributed by atoms with van der Waals surface area (Å²) in [5.74, 6) is -0.134. The summed E-state index contributed by atoms with van der Waals surface area (Å²) in [6, 6.07) is 5.77. The van der Waals surface area contributed by atoms with Crippen molar-refractivity contribution < 1.29 is 4.79 Å². The second-order valence-electron chi connectivity index (χ2n) is 6.78. The number of anilines is 2. The van der Waals surface area contributed by atoms with E-state index in [9.17, 15) is 4.79 Å². The lowest BCUT2D eigenvalue weighted by atomic mass is 9.95. The minimum Gasteiger partial charge on any atom is -0.354 e. The summed E-state index contributed by atoms with van der Waals surface area (Å²) in [6.07, 6.45) is 3.69. The Balaban J connectivity index is 1.84. The Morgan fingerprint density at radius 3 is 3.00 bits per heavy atom. The Morgan fingerprint density at radius 1 is 1.36 bits per heavy atom. The van der Waals surface area contributed by atoms with E-state index in [1.54, 1.807) is 0 Å². The number of hydrogen-bond donors (Lipinski definition) is 3. The van der Waals surface area contributed by atoms with Gasteiger partial charge in [-0.05, 0) is 43.1 Å². The highest BCUT2D eigenvalue weighted by Crippen LogP contribution is 2.40. The summed E-state index contributed by atoms with van der Waals surface area (Å²) >= 11 is 3.50. The molecule has 4 rings (SSSR count). The van der Waals surface area contributed by atoms with Crippen molar-refractivity contribution in [2.24, 2.45) is 5.73 Å². The molecule has 0 radical (unpaired) electrons. The normalized spacial score (nSPS) is 15.7. The van der Waals surface area contributed by atoms with Gasteiger partial charge in [-0.25, -0.2) is 4.98 Å². The Labute approximate surface area is 171 Å². The molecule has 1 aromatic carbocycles. The van der Waals surface area contributed by atoms with Crippen molar-refractivity contribution in [2.75, 3.05) is 23.7 Å². The van der Waals surface area contributed by atoms with Crippen LogP contribution in [0.2, 0.25) is 0 Å². The van der Waals surface area contributed by atoms with Crippen LogP contribution in [-0.4, -0.2) is 38.7 Å². The van der Waals surface area contributed by atoms with E-state index in [-0.39, 0.29) is 5.91 Å². The lowest BCUT2D eigenvalue weighted by Crippen LogP contribution is -2.17. The number of hydrogen-bond acceptors (Lipinski definition) is 6. The number of amides is 1. The van der Waals surface area contributed by atoms with Gasteiger partial charge in [-0.3, -0.25) is 9.48 Å². The number of rotatable bonds is 7. The molecule has 1 aliphatic rings. The van der Waals surface area contributed by atoms with Crippen molar-refractivity contribution in [2.45, 2.75) is 32.2 Å². The van der Waals surface area contributed by atoms with E-state index in [1.807, 2.05) is 29.1 Å². The van der Waals surface area contributed by atoms with Crippen molar-refractivity contribution >= 4 is 44.5 Å². The molecule has 9 heteroatoms. The molecule has 28 heavy (non-hydrogen) atoms. The molecule has 0 saturated carbocycles. The standard InChI is InChI=1S/C19H22BrN7O/c1-2-8-27-10-13-16(24-19(22-7-3-6-21)25-17(13)26-27)15-12-9-11(20)4-5-14(12)23-18(15)28/h4-5,9-10,15H,2-3,6-8,21H2,1H3,(H,23,28)(H,22,25,26). The maximum atomic E-state index is 12.8. The van der Waals surface area contributed by atoms with Crippen LogP contribution in [0.4, 0.5) is 11.6 Å². The van der Waals surface area contributed by atoms with Crippen molar-refractivity contribution in [3.63, 3.8) is 0 Å².